The number of carbonyl (C=O) groups is 2. The van der Waals surface area contributed by atoms with E-state index in [9.17, 15) is 14.0 Å². The number of hydrogen-bond acceptors (Lipinski definition) is 2. The van der Waals surface area contributed by atoms with Gasteiger partial charge in [0.15, 0.2) is 0 Å². The fraction of sp³-hybridized carbons (Fsp3) is 0.333. The van der Waals surface area contributed by atoms with Crippen molar-refractivity contribution in [2.24, 2.45) is 0 Å². The van der Waals surface area contributed by atoms with Crippen LogP contribution in [0.2, 0.25) is 0 Å². The number of benzene rings is 1. The molecule has 0 unspecified atom stereocenters. The summed E-state index contributed by atoms with van der Waals surface area (Å²) in [5.41, 5.74) is -0.0654. The van der Waals surface area contributed by atoms with Crippen molar-refractivity contribution in [2.75, 3.05) is 6.54 Å². The van der Waals surface area contributed by atoms with Gasteiger partial charge in [0, 0.05) is 11.6 Å². The van der Waals surface area contributed by atoms with E-state index in [2.05, 4.69) is 0 Å². The summed E-state index contributed by atoms with van der Waals surface area (Å²) in [5, 5.41) is 8.85. The molecule has 20 heavy (non-hydrogen) atoms. The monoisotopic (exact) mass is 279 g/mol. The fourth-order valence-corrected chi connectivity index (χ4v) is 1.65. The highest BCUT2D eigenvalue weighted by Crippen LogP contribution is 2.14. The number of carbonyl (C=O) groups excluding carboxylic acids is 1. The molecule has 1 N–H and O–H groups in total. The molecule has 0 aliphatic rings. The lowest BCUT2D eigenvalue weighted by Gasteiger charge is -2.33. The Morgan fingerprint density at radius 3 is 2.50 bits per heavy atom. The molecule has 1 rings (SSSR count). The Kier molecular flexibility index (Phi) is 5.02. The molecule has 0 saturated carbocycles. The van der Waals surface area contributed by atoms with Crippen molar-refractivity contribution < 1.29 is 19.1 Å². The number of carboxylic acid groups (broad SMARTS) is 1. The lowest BCUT2D eigenvalue weighted by atomic mass is 10.1. The molecular formula is C15H18FNO3. The van der Waals surface area contributed by atoms with E-state index in [1.807, 2.05) is 0 Å². The first-order valence-corrected chi connectivity index (χ1v) is 6.17. The molecule has 1 aromatic rings. The number of rotatable bonds is 4. The Morgan fingerprint density at radius 2 is 2.00 bits per heavy atom. The van der Waals surface area contributed by atoms with Gasteiger partial charge in [0.25, 0.3) is 0 Å². The van der Waals surface area contributed by atoms with Crippen LogP contribution in [0.15, 0.2) is 30.3 Å². The predicted molar refractivity (Wildman–Crippen MR) is 74.5 cm³/mol. The summed E-state index contributed by atoms with van der Waals surface area (Å²) in [7, 11) is 0. The van der Waals surface area contributed by atoms with Gasteiger partial charge in [0.05, 0.1) is 0 Å². The third kappa shape index (κ3) is 4.84. The van der Waals surface area contributed by atoms with Gasteiger partial charge in [-0.25, -0.2) is 4.39 Å². The first-order valence-electron chi connectivity index (χ1n) is 6.17. The van der Waals surface area contributed by atoms with Crippen molar-refractivity contribution >= 4 is 18.0 Å². The Labute approximate surface area is 117 Å². The highest BCUT2D eigenvalue weighted by atomic mass is 19.1. The van der Waals surface area contributed by atoms with Gasteiger partial charge in [0.2, 0.25) is 5.91 Å². The summed E-state index contributed by atoms with van der Waals surface area (Å²) in [5.74, 6) is -1.89. The lowest BCUT2D eigenvalue weighted by molar-refractivity contribution is -0.145. The summed E-state index contributed by atoms with van der Waals surface area (Å²) in [6, 6.07) is 5.80. The Bertz CT molecular complexity index is 532. The van der Waals surface area contributed by atoms with Crippen LogP contribution in [0.1, 0.15) is 26.3 Å². The molecule has 0 fully saturated rings. The van der Waals surface area contributed by atoms with Crippen molar-refractivity contribution in [1.29, 1.82) is 0 Å². The van der Waals surface area contributed by atoms with Crippen LogP contribution in [0.3, 0.4) is 0 Å². The van der Waals surface area contributed by atoms with Crippen LogP contribution < -0.4 is 0 Å². The maximum absolute atomic E-state index is 13.0. The first kappa shape index (κ1) is 15.9. The molecule has 4 nitrogen and oxygen atoms in total. The zero-order chi connectivity index (χ0) is 15.3. The number of hydrogen-bond donors (Lipinski definition) is 1. The molecule has 1 aromatic carbocycles. The second kappa shape index (κ2) is 6.32. The van der Waals surface area contributed by atoms with E-state index in [1.165, 1.54) is 35.3 Å². The van der Waals surface area contributed by atoms with Crippen LogP contribution in [0.25, 0.3) is 6.08 Å². The Morgan fingerprint density at radius 1 is 1.35 bits per heavy atom. The number of halogens is 1. The maximum Gasteiger partial charge on any atom is 0.323 e. The molecule has 0 radical (unpaired) electrons. The molecule has 0 aliphatic carbocycles. The van der Waals surface area contributed by atoms with Crippen molar-refractivity contribution in [3.63, 3.8) is 0 Å². The van der Waals surface area contributed by atoms with E-state index in [0.29, 0.717) is 5.56 Å². The minimum absolute atomic E-state index is 0.379. The number of aliphatic carboxylic acids is 1. The molecule has 0 bridgehead atoms. The molecule has 0 aliphatic heterocycles. The van der Waals surface area contributed by atoms with Crippen molar-refractivity contribution in [1.82, 2.24) is 4.90 Å². The van der Waals surface area contributed by atoms with Crippen LogP contribution in [-0.4, -0.2) is 34.0 Å². The van der Waals surface area contributed by atoms with Crippen molar-refractivity contribution in [2.45, 2.75) is 26.3 Å². The number of amides is 1. The fourth-order valence-electron chi connectivity index (χ4n) is 1.65. The average Bonchev–Trinajstić information content (AvgIpc) is 2.31. The third-order valence-electron chi connectivity index (χ3n) is 2.64. The molecule has 0 atom stereocenters. The molecule has 0 aromatic heterocycles. The van der Waals surface area contributed by atoms with Crippen molar-refractivity contribution in [3.05, 3.63) is 41.7 Å². The van der Waals surface area contributed by atoms with E-state index in [1.54, 1.807) is 26.8 Å². The minimum Gasteiger partial charge on any atom is -0.480 e. The molecule has 1 amide bonds. The maximum atomic E-state index is 13.0. The zero-order valence-corrected chi connectivity index (χ0v) is 11.8. The standard InChI is InChI=1S/C15H18FNO3/c1-15(2,3)17(10-14(19)20)13(18)8-7-11-5-4-6-12(16)9-11/h4-9H,10H2,1-3H3,(H,19,20). The lowest BCUT2D eigenvalue weighted by Crippen LogP contribution is -2.47. The zero-order valence-electron chi connectivity index (χ0n) is 11.8. The molecule has 0 saturated heterocycles. The van der Waals surface area contributed by atoms with Gasteiger partial charge in [0.1, 0.15) is 12.4 Å². The normalized spacial score (nSPS) is 11.6. The number of carboxylic acids is 1. The van der Waals surface area contributed by atoms with Crippen LogP contribution in [-0.2, 0) is 9.59 Å². The number of nitrogens with zero attached hydrogens (tertiary/aromatic N) is 1. The minimum atomic E-state index is -1.08. The highest BCUT2D eigenvalue weighted by Gasteiger charge is 2.26. The first-order chi connectivity index (χ1) is 9.20. The van der Waals surface area contributed by atoms with Gasteiger partial charge in [-0.3, -0.25) is 9.59 Å². The SMILES string of the molecule is CC(C)(C)N(CC(=O)O)C(=O)C=Cc1cccc(F)c1. The van der Waals surface area contributed by atoms with Crippen LogP contribution in [0, 0.1) is 5.82 Å². The quantitative estimate of drug-likeness (QED) is 0.862. The second-order valence-corrected chi connectivity index (χ2v) is 5.38. The van der Waals surface area contributed by atoms with Crippen LogP contribution in [0.4, 0.5) is 4.39 Å². The van der Waals surface area contributed by atoms with E-state index >= 15 is 0 Å². The molecule has 0 spiro atoms. The van der Waals surface area contributed by atoms with Gasteiger partial charge in [-0.2, -0.15) is 0 Å². The summed E-state index contributed by atoms with van der Waals surface area (Å²) in [6.45, 7) is 4.88. The highest BCUT2D eigenvalue weighted by molar-refractivity contribution is 5.94. The second-order valence-electron chi connectivity index (χ2n) is 5.38. The van der Waals surface area contributed by atoms with E-state index < -0.39 is 23.2 Å². The molecule has 5 heteroatoms. The summed E-state index contributed by atoms with van der Waals surface area (Å²) >= 11 is 0. The van der Waals surface area contributed by atoms with Gasteiger partial charge in [-0.1, -0.05) is 12.1 Å². The van der Waals surface area contributed by atoms with E-state index in [-0.39, 0.29) is 6.54 Å². The van der Waals surface area contributed by atoms with Gasteiger partial charge >= 0.3 is 5.97 Å². The van der Waals surface area contributed by atoms with Crippen molar-refractivity contribution in [3.8, 4) is 0 Å². The molecular weight excluding hydrogens is 261 g/mol. The largest absolute Gasteiger partial charge is 0.480 e. The van der Waals surface area contributed by atoms with E-state index in [4.69, 9.17) is 5.11 Å². The topological polar surface area (TPSA) is 57.6 Å². The smallest absolute Gasteiger partial charge is 0.323 e. The van der Waals surface area contributed by atoms with Crippen LogP contribution in [0.5, 0.6) is 0 Å². The third-order valence-corrected chi connectivity index (χ3v) is 2.64. The Hall–Kier alpha value is -2.17. The van der Waals surface area contributed by atoms with Crippen LogP contribution >= 0.6 is 0 Å². The van der Waals surface area contributed by atoms with E-state index in [0.717, 1.165) is 0 Å². The predicted octanol–water partition coefficient (Wildman–Crippen LogP) is 2.55. The summed E-state index contributed by atoms with van der Waals surface area (Å²) < 4.78 is 13.0. The average molecular weight is 279 g/mol. The van der Waals surface area contributed by atoms with Gasteiger partial charge in [-0.15, -0.1) is 0 Å². The van der Waals surface area contributed by atoms with Gasteiger partial charge < -0.3 is 10.0 Å². The summed E-state index contributed by atoms with van der Waals surface area (Å²) in [6.07, 6.45) is 2.72. The summed E-state index contributed by atoms with van der Waals surface area (Å²) in [4.78, 5) is 24.1. The Balaban J connectivity index is 2.88. The molecule has 108 valence electrons. The molecule has 0 heterocycles. The van der Waals surface area contributed by atoms with Gasteiger partial charge in [-0.05, 0) is 44.5 Å².